The summed E-state index contributed by atoms with van der Waals surface area (Å²) in [5.41, 5.74) is 2.80. The summed E-state index contributed by atoms with van der Waals surface area (Å²) in [5, 5.41) is 20.6. The standard InChI is InChI=1S/C20H12Cl2O4/c21-14-5-12-18(7-16(14)24)26-19-8-17(25)15(22)6-13(19)20(12)11-4-2-1-3-10(11)9-23/h1-8,23-24H,9H2. The molecule has 4 nitrogen and oxygen atoms in total. The van der Waals surface area contributed by atoms with E-state index in [9.17, 15) is 15.0 Å². The molecule has 4 rings (SSSR count). The molecule has 0 bridgehead atoms. The van der Waals surface area contributed by atoms with Gasteiger partial charge < -0.3 is 14.6 Å². The first-order valence-corrected chi connectivity index (χ1v) is 8.53. The number of rotatable bonds is 2. The molecule has 0 amide bonds. The van der Waals surface area contributed by atoms with E-state index >= 15 is 0 Å². The molecule has 0 saturated heterocycles. The summed E-state index contributed by atoms with van der Waals surface area (Å²) < 4.78 is 5.81. The summed E-state index contributed by atoms with van der Waals surface area (Å²) in [4.78, 5) is 12.0. The topological polar surface area (TPSA) is 70.7 Å². The average molecular weight is 387 g/mol. The molecular weight excluding hydrogens is 375 g/mol. The Kier molecular flexibility index (Phi) is 4.11. The quantitative estimate of drug-likeness (QED) is 0.471. The van der Waals surface area contributed by atoms with Crippen molar-refractivity contribution in [2.24, 2.45) is 0 Å². The van der Waals surface area contributed by atoms with Gasteiger partial charge in [0, 0.05) is 28.6 Å². The molecule has 2 aromatic rings. The van der Waals surface area contributed by atoms with Crippen molar-refractivity contribution in [3.05, 3.63) is 74.4 Å². The van der Waals surface area contributed by atoms with Gasteiger partial charge in [0.1, 0.15) is 17.1 Å². The SMILES string of the molecule is O=c1cc2oc3cc(O)c(Cl)cc3c(-c3ccccc3CO)c-2cc1Cl. The average Bonchev–Trinajstić information content (AvgIpc) is 2.63. The van der Waals surface area contributed by atoms with Gasteiger partial charge in [-0.2, -0.15) is 0 Å². The van der Waals surface area contributed by atoms with Crippen molar-refractivity contribution in [3.63, 3.8) is 0 Å². The second-order valence-electron chi connectivity index (χ2n) is 5.87. The monoisotopic (exact) mass is 386 g/mol. The molecular formula is C20H12Cl2O4. The molecule has 26 heavy (non-hydrogen) atoms. The number of hydrogen-bond donors (Lipinski definition) is 2. The van der Waals surface area contributed by atoms with Gasteiger partial charge in [0.05, 0.1) is 16.7 Å². The van der Waals surface area contributed by atoms with Crippen molar-refractivity contribution in [1.29, 1.82) is 0 Å². The van der Waals surface area contributed by atoms with Gasteiger partial charge in [0.15, 0.2) is 0 Å². The Balaban J connectivity index is 2.25. The molecule has 2 aliphatic rings. The van der Waals surface area contributed by atoms with E-state index in [4.69, 9.17) is 27.6 Å². The van der Waals surface area contributed by atoms with Crippen LogP contribution in [0.15, 0.2) is 57.7 Å². The Morgan fingerprint density at radius 1 is 0.962 bits per heavy atom. The lowest BCUT2D eigenvalue weighted by Crippen LogP contribution is -2.03. The van der Waals surface area contributed by atoms with Crippen molar-refractivity contribution < 1.29 is 14.6 Å². The fraction of sp³-hybridized carbons (Fsp3) is 0.0500. The summed E-state index contributed by atoms with van der Waals surface area (Å²) in [6.07, 6.45) is 0. The zero-order chi connectivity index (χ0) is 18.4. The van der Waals surface area contributed by atoms with Crippen molar-refractivity contribution in [3.8, 4) is 28.2 Å². The minimum absolute atomic E-state index is 0.0691. The van der Waals surface area contributed by atoms with Crippen molar-refractivity contribution in [2.75, 3.05) is 0 Å². The molecule has 0 fully saturated rings. The molecule has 0 atom stereocenters. The summed E-state index contributed by atoms with van der Waals surface area (Å²) in [6.45, 7) is -0.162. The second kappa shape index (κ2) is 6.32. The highest BCUT2D eigenvalue weighted by Crippen LogP contribution is 2.44. The number of aliphatic hydroxyl groups excluding tert-OH is 1. The van der Waals surface area contributed by atoms with Gasteiger partial charge in [-0.15, -0.1) is 0 Å². The van der Waals surface area contributed by atoms with Crippen LogP contribution in [0.25, 0.3) is 33.4 Å². The van der Waals surface area contributed by atoms with Gasteiger partial charge in [0.2, 0.25) is 5.43 Å². The van der Waals surface area contributed by atoms with Crippen LogP contribution in [-0.4, -0.2) is 10.2 Å². The molecule has 1 heterocycles. The smallest absolute Gasteiger partial charge is 0.200 e. The van der Waals surface area contributed by atoms with E-state index in [1.54, 1.807) is 12.1 Å². The third kappa shape index (κ3) is 2.63. The molecule has 130 valence electrons. The van der Waals surface area contributed by atoms with Crippen LogP contribution in [-0.2, 0) is 6.61 Å². The van der Waals surface area contributed by atoms with E-state index in [1.807, 2.05) is 24.3 Å². The summed E-state index contributed by atoms with van der Waals surface area (Å²) in [7, 11) is 0. The van der Waals surface area contributed by atoms with Crippen molar-refractivity contribution >= 4 is 34.2 Å². The van der Waals surface area contributed by atoms with Crippen LogP contribution >= 0.6 is 23.2 Å². The number of aliphatic hydroxyl groups is 1. The second-order valence-corrected chi connectivity index (χ2v) is 6.69. The molecule has 2 N–H and O–H groups in total. The number of halogens is 2. The molecule has 0 saturated carbocycles. The minimum Gasteiger partial charge on any atom is -0.506 e. The largest absolute Gasteiger partial charge is 0.506 e. The third-order valence-electron chi connectivity index (χ3n) is 4.30. The predicted molar refractivity (Wildman–Crippen MR) is 102 cm³/mol. The van der Waals surface area contributed by atoms with E-state index < -0.39 is 0 Å². The van der Waals surface area contributed by atoms with Crippen LogP contribution in [0, 0.1) is 0 Å². The summed E-state index contributed by atoms with van der Waals surface area (Å²) in [6, 6.07) is 13.2. The fourth-order valence-corrected chi connectivity index (χ4v) is 3.42. The van der Waals surface area contributed by atoms with Gasteiger partial charge in [0.25, 0.3) is 0 Å². The lowest BCUT2D eigenvalue weighted by atomic mass is 9.91. The van der Waals surface area contributed by atoms with E-state index in [1.165, 1.54) is 12.1 Å². The zero-order valence-corrected chi connectivity index (χ0v) is 14.8. The van der Waals surface area contributed by atoms with E-state index in [2.05, 4.69) is 0 Å². The Bertz CT molecular complexity index is 1180. The minimum atomic E-state index is -0.359. The molecule has 2 aromatic carbocycles. The molecule has 0 aromatic heterocycles. The van der Waals surface area contributed by atoms with Gasteiger partial charge in [-0.1, -0.05) is 47.5 Å². The molecule has 0 unspecified atom stereocenters. The Morgan fingerprint density at radius 3 is 2.50 bits per heavy atom. The van der Waals surface area contributed by atoms with E-state index in [-0.39, 0.29) is 27.8 Å². The van der Waals surface area contributed by atoms with Gasteiger partial charge in [-0.25, -0.2) is 0 Å². The van der Waals surface area contributed by atoms with Crippen molar-refractivity contribution in [2.45, 2.75) is 6.61 Å². The Labute approximate surface area is 158 Å². The maximum Gasteiger partial charge on any atom is 0.200 e. The number of phenolic OH excluding ortho intramolecular Hbond substituents is 1. The normalized spacial score (nSPS) is 11.3. The lowest BCUT2D eigenvalue weighted by Gasteiger charge is -2.17. The van der Waals surface area contributed by atoms with Crippen LogP contribution in [0.2, 0.25) is 10.0 Å². The maximum absolute atomic E-state index is 12.0. The van der Waals surface area contributed by atoms with E-state index in [0.29, 0.717) is 27.9 Å². The first kappa shape index (κ1) is 16.9. The maximum atomic E-state index is 12.0. The highest BCUT2D eigenvalue weighted by atomic mass is 35.5. The Morgan fingerprint density at radius 2 is 1.73 bits per heavy atom. The lowest BCUT2D eigenvalue weighted by molar-refractivity contribution is 0.282. The van der Waals surface area contributed by atoms with Crippen molar-refractivity contribution in [1.82, 2.24) is 0 Å². The third-order valence-corrected chi connectivity index (χ3v) is 4.90. The number of fused-ring (bicyclic) bond motifs is 2. The molecule has 0 spiro atoms. The highest BCUT2D eigenvalue weighted by molar-refractivity contribution is 6.33. The Hall–Kier alpha value is -2.53. The molecule has 0 radical (unpaired) electrons. The number of hydrogen-bond acceptors (Lipinski definition) is 4. The van der Waals surface area contributed by atoms with Gasteiger partial charge in [-0.05, 0) is 23.3 Å². The molecule has 1 aliphatic heterocycles. The summed E-state index contributed by atoms with van der Waals surface area (Å²) >= 11 is 12.2. The number of phenols is 1. The van der Waals surface area contributed by atoms with Gasteiger partial charge >= 0.3 is 0 Å². The molecule has 1 aliphatic carbocycles. The number of aromatic hydroxyl groups is 1. The van der Waals surface area contributed by atoms with Crippen LogP contribution in [0.3, 0.4) is 0 Å². The predicted octanol–water partition coefficient (Wildman–Crippen LogP) is 5.07. The van der Waals surface area contributed by atoms with Crippen LogP contribution in [0.1, 0.15) is 5.56 Å². The molecule has 6 heteroatoms. The van der Waals surface area contributed by atoms with Crippen LogP contribution in [0.5, 0.6) is 5.75 Å². The van der Waals surface area contributed by atoms with Crippen LogP contribution < -0.4 is 5.43 Å². The zero-order valence-electron chi connectivity index (χ0n) is 13.3. The fourth-order valence-electron chi connectivity index (χ4n) is 3.09. The van der Waals surface area contributed by atoms with E-state index in [0.717, 1.165) is 11.1 Å². The highest BCUT2D eigenvalue weighted by Gasteiger charge is 2.21. The first-order chi connectivity index (χ1) is 12.5. The number of benzene rings is 3. The van der Waals surface area contributed by atoms with Gasteiger partial charge in [-0.3, -0.25) is 4.79 Å². The summed E-state index contributed by atoms with van der Waals surface area (Å²) in [5.74, 6) is 0.205. The van der Waals surface area contributed by atoms with Crippen LogP contribution in [0.4, 0.5) is 0 Å². The first-order valence-electron chi connectivity index (χ1n) is 7.77.